The van der Waals surface area contributed by atoms with Gasteiger partial charge in [-0.2, -0.15) is 0 Å². The largest absolute Gasteiger partial charge is 0.445 e. The molecular weight excluding hydrogens is 350 g/mol. The molecule has 0 aliphatic carbocycles. The smallest absolute Gasteiger partial charge is 0.409 e. The highest BCUT2D eigenvalue weighted by Crippen LogP contribution is 2.09. The van der Waals surface area contributed by atoms with Crippen molar-refractivity contribution in [2.75, 3.05) is 53.9 Å². The summed E-state index contributed by atoms with van der Waals surface area (Å²) in [6, 6.07) is 0. The first-order chi connectivity index (χ1) is 13.0. The zero-order chi connectivity index (χ0) is 22.7. The number of likely N-dealkylation sites (N-methyl/N-ethyl adjacent to an activating group) is 1. The first-order valence-corrected chi connectivity index (χ1v) is 10.3. The van der Waals surface area contributed by atoms with Gasteiger partial charge in [0.25, 0.3) is 0 Å². The molecule has 1 saturated heterocycles. The molecule has 5 heteroatoms. The second-order valence-electron chi connectivity index (χ2n) is 7.12. The Morgan fingerprint density at radius 3 is 1.79 bits per heavy atom. The van der Waals surface area contributed by atoms with Crippen LogP contribution in [-0.4, -0.2) is 74.7 Å². The molecule has 0 radical (unpaired) electrons. The van der Waals surface area contributed by atoms with E-state index in [2.05, 4.69) is 63.8 Å². The number of hydrogen-bond donors (Lipinski definition) is 0. The van der Waals surface area contributed by atoms with Gasteiger partial charge in [0.15, 0.2) is 0 Å². The van der Waals surface area contributed by atoms with Crippen LogP contribution >= 0.6 is 0 Å². The Bertz CT molecular complexity index is 445. The van der Waals surface area contributed by atoms with E-state index in [1.54, 1.807) is 14.1 Å². The van der Waals surface area contributed by atoms with E-state index >= 15 is 0 Å². The number of allylic oxidation sites excluding steroid dienone is 2. The summed E-state index contributed by atoms with van der Waals surface area (Å²) in [6.45, 7) is 26.8. The van der Waals surface area contributed by atoms with Crippen molar-refractivity contribution >= 4 is 6.09 Å². The van der Waals surface area contributed by atoms with Crippen molar-refractivity contribution in [3.63, 3.8) is 0 Å². The second kappa shape index (κ2) is 20.0. The molecule has 1 amide bonds. The molecule has 0 N–H and O–H groups in total. The fourth-order valence-corrected chi connectivity index (χ4v) is 1.83. The number of rotatable bonds is 4. The highest BCUT2D eigenvalue weighted by Gasteiger charge is 2.13. The van der Waals surface area contributed by atoms with Gasteiger partial charge in [-0.1, -0.05) is 52.8 Å². The summed E-state index contributed by atoms with van der Waals surface area (Å²) >= 11 is 0. The predicted molar refractivity (Wildman–Crippen MR) is 125 cm³/mol. The maximum atomic E-state index is 10.7. The number of ether oxygens (including phenoxy) is 1. The first kappa shape index (κ1) is 31.0. The molecule has 1 fully saturated rings. The number of amides is 1. The van der Waals surface area contributed by atoms with E-state index in [9.17, 15) is 4.79 Å². The minimum atomic E-state index is -0.331. The van der Waals surface area contributed by atoms with Gasteiger partial charge in [-0.3, -0.25) is 0 Å². The average molecular weight is 398 g/mol. The van der Waals surface area contributed by atoms with E-state index in [1.807, 2.05) is 20.8 Å². The van der Waals surface area contributed by atoms with Crippen LogP contribution in [0.2, 0.25) is 0 Å². The summed E-state index contributed by atoms with van der Waals surface area (Å²) in [5.74, 6) is 0. The normalized spacial score (nSPS) is 12.6. The lowest BCUT2D eigenvalue weighted by molar-refractivity contribution is 0.127. The third-order valence-electron chi connectivity index (χ3n) is 3.17. The molecule has 166 valence electrons. The van der Waals surface area contributed by atoms with Crippen molar-refractivity contribution in [1.29, 1.82) is 0 Å². The summed E-state index contributed by atoms with van der Waals surface area (Å²) in [5.41, 5.74) is 3.33. The topological polar surface area (TPSA) is 36.0 Å². The molecule has 1 aliphatic rings. The number of piperazine rings is 1. The van der Waals surface area contributed by atoms with E-state index < -0.39 is 0 Å². The molecule has 0 atom stereocenters. The standard InChI is InChI=1S/C11H20N2.C7H13NO2.C3H8.C2H6/c1-10(2)9-11(3)13-7-5-12(4)6-8-13;1-6(2)5-10-7(9)8(3)4;1-3-2;1-2/h9H,3,5-8H2,1-2,4H3;1,5H2,2-4H3;3H2,1-2H3;1-2H3. The van der Waals surface area contributed by atoms with Crippen LogP contribution in [0.3, 0.4) is 0 Å². The predicted octanol–water partition coefficient (Wildman–Crippen LogP) is 5.42. The highest BCUT2D eigenvalue weighted by molar-refractivity contribution is 5.66. The van der Waals surface area contributed by atoms with Gasteiger partial charge in [0.2, 0.25) is 0 Å². The van der Waals surface area contributed by atoms with E-state index in [0.29, 0.717) is 6.61 Å². The van der Waals surface area contributed by atoms with Crippen LogP contribution in [0.25, 0.3) is 0 Å². The summed E-state index contributed by atoms with van der Waals surface area (Å²) < 4.78 is 4.75. The zero-order valence-electron chi connectivity index (χ0n) is 20.4. The number of hydrogen-bond acceptors (Lipinski definition) is 4. The number of carbonyl (C=O) groups is 1. The second-order valence-corrected chi connectivity index (χ2v) is 7.12. The molecule has 0 bridgehead atoms. The monoisotopic (exact) mass is 397 g/mol. The van der Waals surface area contributed by atoms with Crippen molar-refractivity contribution in [3.05, 3.63) is 36.1 Å². The molecule has 0 spiro atoms. The number of carbonyl (C=O) groups excluding carboxylic acids is 1. The van der Waals surface area contributed by atoms with Gasteiger partial charge in [-0.05, 0) is 39.5 Å². The molecule has 0 aromatic heterocycles. The third-order valence-corrected chi connectivity index (χ3v) is 3.17. The van der Waals surface area contributed by atoms with Crippen LogP contribution in [0.15, 0.2) is 36.1 Å². The summed E-state index contributed by atoms with van der Waals surface area (Å²) in [6.07, 6.45) is 3.08. The first-order valence-electron chi connectivity index (χ1n) is 10.3. The molecule has 0 aromatic carbocycles. The summed E-state index contributed by atoms with van der Waals surface area (Å²) in [7, 11) is 5.45. The van der Waals surface area contributed by atoms with Crippen LogP contribution in [0.4, 0.5) is 4.79 Å². The molecule has 0 saturated carbocycles. The van der Waals surface area contributed by atoms with Crippen LogP contribution in [0, 0.1) is 0 Å². The van der Waals surface area contributed by atoms with Crippen molar-refractivity contribution in [2.45, 2.75) is 54.9 Å². The van der Waals surface area contributed by atoms with E-state index in [1.165, 1.54) is 16.9 Å². The van der Waals surface area contributed by atoms with E-state index in [0.717, 1.165) is 37.4 Å². The van der Waals surface area contributed by atoms with Crippen LogP contribution in [-0.2, 0) is 4.74 Å². The lowest BCUT2D eigenvalue weighted by Gasteiger charge is -2.34. The quantitative estimate of drug-likeness (QED) is 0.469. The maximum Gasteiger partial charge on any atom is 0.409 e. The van der Waals surface area contributed by atoms with Crippen molar-refractivity contribution in [2.24, 2.45) is 0 Å². The van der Waals surface area contributed by atoms with Crippen molar-refractivity contribution in [3.8, 4) is 0 Å². The van der Waals surface area contributed by atoms with Crippen molar-refractivity contribution in [1.82, 2.24) is 14.7 Å². The molecule has 5 nitrogen and oxygen atoms in total. The Morgan fingerprint density at radius 2 is 1.46 bits per heavy atom. The maximum absolute atomic E-state index is 10.7. The SMILES string of the molecule is C=C(C)COC(=O)N(C)C.C=C(C=C(C)C)N1CCN(C)CC1.CC.CCC. The van der Waals surface area contributed by atoms with Gasteiger partial charge < -0.3 is 19.4 Å². The van der Waals surface area contributed by atoms with Gasteiger partial charge in [0.1, 0.15) is 6.61 Å². The molecule has 1 aliphatic heterocycles. The fraction of sp³-hybridized carbons (Fsp3) is 0.696. The minimum absolute atomic E-state index is 0.303. The van der Waals surface area contributed by atoms with Gasteiger partial charge in [-0.25, -0.2) is 4.79 Å². The lowest BCUT2D eigenvalue weighted by atomic mass is 10.2. The number of nitrogens with zero attached hydrogens (tertiary/aromatic N) is 3. The zero-order valence-corrected chi connectivity index (χ0v) is 20.4. The molecule has 1 rings (SSSR count). The minimum Gasteiger partial charge on any atom is -0.445 e. The lowest BCUT2D eigenvalue weighted by Crippen LogP contribution is -2.43. The highest BCUT2D eigenvalue weighted by atomic mass is 16.6. The molecular formula is C23H47N3O2. The molecule has 0 aromatic rings. The van der Waals surface area contributed by atoms with E-state index in [-0.39, 0.29) is 6.09 Å². The van der Waals surface area contributed by atoms with Gasteiger partial charge >= 0.3 is 6.09 Å². The molecule has 28 heavy (non-hydrogen) atoms. The summed E-state index contributed by atoms with van der Waals surface area (Å²) in [4.78, 5) is 16.8. The van der Waals surface area contributed by atoms with Crippen LogP contribution in [0.1, 0.15) is 54.9 Å². The Balaban J connectivity index is -0.000000371. The van der Waals surface area contributed by atoms with Gasteiger partial charge in [-0.15, -0.1) is 0 Å². The fourth-order valence-electron chi connectivity index (χ4n) is 1.83. The van der Waals surface area contributed by atoms with Crippen molar-refractivity contribution < 1.29 is 9.53 Å². The van der Waals surface area contributed by atoms with Crippen LogP contribution in [0.5, 0.6) is 0 Å². The Labute approximate surface area is 175 Å². The van der Waals surface area contributed by atoms with Gasteiger partial charge in [0, 0.05) is 46.0 Å². The van der Waals surface area contributed by atoms with Crippen LogP contribution < -0.4 is 0 Å². The molecule has 0 unspecified atom stereocenters. The van der Waals surface area contributed by atoms with E-state index in [4.69, 9.17) is 4.74 Å². The Hall–Kier alpha value is -1.75. The summed E-state index contributed by atoms with van der Waals surface area (Å²) in [5, 5.41) is 0. The third kappa shape index (κ3) is 20.6. The average Bonchev–Trinajstić information content (AvgIpc) is 2.62. The van der Waals surface area contributed by atoms with Gasteiger partial charge in [0.05, 0.1) is 0 Å². The Morgan fingerprint density at radius 1 is 1.04 bits per heavy atom. The Kier molecular flexibility index (Phi) is 22.1. The molecule has 1 heterocycles.